The van der Waals surface area contributed by atoms with Crippen LogP contribution >= 0.6 is 12.2 Å². The first-order valence-electron chi connectivity index (χ1n) is 12.6. The van der Waals surface area contributed by atoms with Crippen LogP contribution in [0.3, 0.4) is 0 Å². The number of nitrogens with one attached hydrogen (secondary N) is 1. The lowest BCUT2D eigenvalue weighted by Gasteiger charge is -2.31. The average Bonchev–Trinajstić information content (AvgIpc) is 3.31. The molecule has 0 unspecified atom stereocenters. The quantitative estimate of drug-likeness (QED) is 0.371. The summed E-state index contributed by atoms with van der Waals surface area (Å²) in [6.07, 6.45) is 1.68. The zero-order valence-corrected chi connectivity index (χ0v) is 22.9. The maximum absolute atomic E-state index is 13.5. The molecule has 1 aliphatic rings. The molecule has 198 valence electrons. The van der Waals surface area contributed by atoms with E-state index in [9.17, 15) is 8.42 Å². The average molecular weight is 542 g/mol. The van der Waals surface area contributed by atoms with Gasteiger partial charge in [-0.25, -0.2) is 13.4 Å². The van der Waals surface area contributed by atoms with E-state index in [-0.39, 0.29) is 10.9 Å². The lowest BCUT2D eigenvalue weighted by molar-refractivity contribution is 0.0356. The molecular formula is C27H35N5O3S2. The van der Waals surface area contributed by atoms with Crippen molar-refractivity contribution in [1.82, 2.24) is 24.7 Å². The van der Waals surface area contributed by atoms with Crippen molar-refractivity contribution in [3.63, 3.8) is 0 Å². The van der Waals surface area contributed by atoms with Crippen LogP contribution < -0.4 is 5.32 Å². The lowest BCUT2D eigenvalue weighted by atomic mass is 10.2. The molecule has 0 spiro atoms. The van der Waals surface area contributed by atoms with Gasteiger partial charge in [0.1, 0.15) is 0 Å². The van der Waals surface area contributed by atoms with Gasteiger partial charge >= 0.3 is 0 Å². The summed E-state index contributed by atoms with van der Waals surface area (Å²) in [5, 5.41) is 3.99. The molecule has 37 heavy (non-hydrogen) atoms. The van der Waals surface area contributed by atoms with Crippen molar-refractivity contribution >= 4 is 27.2 Å². The summed E-state index contributed by atoms with van der Waals surface area (Å²) in [6, 6.07) is 19.1. The van der Waals surface area contributed by atoms with Crippen LogP contribution in [0.2, 0.25) is 0 Å². The van der Waals surface area contributed by atoms with E-state index in [1.54, 1.807) is 6.20 Å². The minimum Gasteiger partial charge on any atom is -0.379 e. The minimum absolute atomic E-state index is 0.0812. The number of hydrogen-bond acceptors (Lipinski definition) is 6. The molecule has 4 rings (SSSR count). The normalized spacial score (nSPS) is 14.4. The molecule has 1 aliphatic heterocycles. The molecule has 8 nitrogen and oxygen atoms in total. The number of sulfone groups is 1. The van der Waals surface area contributed by atoms with Crippen LogP contribution in [0.25, 0.3) is 0 Å². The predicted octanol–water partition coefficient (Wildman–Crippen LogP) is 2.93. The van der Waals surface area contributed by atoms with Gasteiger partial charge < -0.3 is 19.5 Å². The van der Waals surface area contributed by atoms with Crippen LogP contribution in [0.15, 0.2) is 72.0 Å². The maximum atomic E-state index is 13.5. The van der Waals surface area contributed by atoms with Gasteiger partial charge in [-0.05, 0) is 30.3 Å². The van der Waals surface area contributed by atoms with Gasteiger partial charge in [-0.15, -0.1) is 0 Å². The van der Waals surface area contributed by atoms with Gasteiger partial charge in [0, 0.05) is 32.7 Å². The van der Waals surface area contributed by atoms with Crippen LogP contribution in [0.4, 0.5) is 0 Å². The number of nitrogens with zero attached hydrogens (tertiary/aromatic N) is 4. The Hall–Kier alpha value is -2.79. The lowest BCUT2D eigenvalue weighted by Crippen LogP contribution is -2.46. The van der Waals surface area contributed by atoms with Crippen LogP contribution in [0.1, 0.15) is 23.7 Å². The molecule has 10 heteroatoms. The fraction of sp³-hybridized carbons (Fsp3) is 0.407. The van der Waals surface area contributed by atoms with E-state index >= 15 is 0 Å². The van der Waals surface area contributed by atoms with Crippen LogP contribution in [-0.2, 0) is 33.4 Å². The van der Waals surface area contributed by atoms with Crippen molar-refractivity contribution in [2.75, 3.05) is 45.9 Å². The number of imidazole rings is 1. The summed E-state index contributed by atoms with van der Waals surface area (Å²) < 4.78 is 34.4. The highest BCUT2D eigenvalue weighted by Crippen LogP contribution is 2.20. The number of thiocarbonyl (C=S) groups is 1. The second-order valence-electron chi connectivity index (χ2n) is 9.06. The second kappa shape index (κ2) is 13.1. The van der Waals surface area contributed by atoms with E-state index in [0.29, 0.717) is 31.3 Å². The molecule has 2 heterocycles. The van der Waals surface area contributed by atoms with Crippen molar-refractivity contribution in [1.29, 1.82) is 0 Å². The summed E-state index contributed by atoms with van der Waals surface area (Å²) in [4.78, 5) is 8.91. The molecule has 0 saturated carbocycles. The highest BCUT2D eigenvalue weighted by atomic mass is 32.2. The fourth-order valence-electron chi connectivity index (χ4n) is 4.36. The largest absolute Gasteiger partial charge is 0.379 e. The predicted molar refractivity (Wildman–Crippen MR) is 149 cm³/mol. The molecule has 1 aromatic heterocycles. The monoisotopic (exact) mass is 541 g/mol. The molecular weight excluding hydrogens is 506 g/mol. The Morgan fingerprint density at radius 3 is 2.35 bits per heavy atom. The smallest absolute Gasteiger partial charge is 0.228 e. The van der Waals surface area contributed by atoms with Crippen LogP contribution in [-0.4, -0.2) is 78.8 Å². The summed E-state index contributed by atoms with van der Waals surface area (Å²) in [7, 11) is -3.68. The molecule has 2 aromatic carbocycles. The third-order valence-electron chi connectivity index (χ3n) is 6.32. The van der Waals surface area contributed by atoms with E-state index in [1.807, 2.05) is 72.2 Å². The van der Waals surface area contributed by atoms with Crippen molar-refractivity contribution in [3.05, 3.63) is 83.7 Å². The topological polar surface area (TPSA) is 79.7 Å². The SMILES string of the molecule is CCNC(=S)N(CCN1CCOCC1)Cc1cnc(S(=O)(=O)Cc2ccccc2)n1Cc1ccccc1. The van der Waals surface area contributed by atoms with Crippen molar-refractivity contribution in [2.45, 2.75) is 30.9 Å². The Balaban J connectivity index is 1.62. The third kappa shape index (κ3) is 7.61. The number of aromatic nitrogens is 2. The summed E-state index contributed by atoms with van der Waals surface area (Å²) in [6.45, 7) is 8.43. The zero-order valence-electron chi connectivity index (χ0n) is 21.3. The van der Waals surface area contributed by atoms with Gasteiger partial charge in [-0.2, -0.15) is 0 Å². The number of rotatable bonds is 11. The van der Waals surface area contributed by atoms with Crippen LogP contribution in [0, 0.1) is 0 Å². The standard InChI is InChI=1S/C27H35N5O3S2/c1-2-28-26(36)31(14-13-30-15-17-35-18-16-30)21-25-19-29-27(32(25)20-23-9-5-3-6-10-23)37(33,34)22-24-11-7-4-8-12-24/h3-12,19H,2,13-18,20-22H2,1H3,(H,28,36). The molecule has 1 N–H and O–H groups in total. The molecule has 0 bridgehead atoms. The second-order valence-corrected chi connectivity index (χ2v) is 11.3. The number of hydrogen-bond donors (Lipinski definition) is 1. The molecule has 0 radical (unpaired) electrons. The van der Waals surface area contributed by atoms with Gasteiger partial charge in [-0.1, -0.05) is 60.7 Å². The van der Waals surface area contributed by atoms with Gasteiger partial charge in [0.15, 0.2) is 5.11 Å². The number of ether oxygens (including phenoxy) is 1. The zero-order chi connectivity index (χ0) is 26.1. The Bertz CT molecular complexity index is 1240. The number of morpholine rings is 1. The highest BCUT2D eigenvalue weighted by molar-refractivity contribution is 7.90. The maximum Gasteiger partial charge on any atom is 0.228 e. The van der Waals surface area contributed by atoms with Crippen LogP contribution in [0.5, 0.6) is 0 Å². The van der Waals surface area contributed by atoms with Gasteiger partial charge in [0.2, 0.25) is 15.0 Å². The summed E-state index contributed by atoms with van der Waals surface area (Å²) in [5.74, 6) is -0.102. The van der Waals surface area contributed by atoms with E-state index in [1.165, 1.54) is 0 Å². The van der Waals surface area contributed by atoms with Gasteiger partial charge in [-0.3, -0.25) is 4.90 Å². The third-order valence-corrected chi connectivity index (χ3v) is 8.32. The summed E-state index contributed by atoms with van der Waals surface area (Å²) >= 11 is 5.70. The Labute approximate surface area is 225 Å². The fourth-order valence-corrected chi connectivity index (χ4v) is 6.15. The van der Waals surface area contributed by atoms with Crippen molar-refractivity contribution in [2.24, 2.45) is 0 Å². The van der Waals surface area contributed by atoms with Gasteiger partial charge in [0.25, 0.3) is 0 Å². The molecule has 0 atom stereocenters. The van der Waals surface area contributed by atoms with Crippen molar-refractivity contribution in [3.8, 4) is 0 Å². The van der Waals surface area contributed by atoms with Gasteiger partial charge in [0.05, 0.1) is 43.9 Å². The first-order chi connectivity index (χ1) is 18.0. The molecule has 0 amide bonds. The Morgan fingerprint density at radius 1 is 1.05 bits per heavy atom. The van der Waals surface area contributed by atoms with E-state index in [2.05, 4.69) is 20.1 Å². The molecule has 0 aliphatic carbocycles. The Morgan fingerprint density at radius 2 is 1.70 bits per heavy atom. The van der Waals surface area contributed by atoms with E-state index in [0.717, 1.165) is 49.7 Å². The minimum atomic E-state index is -3.68. The van der Waals surface area contributed by atoms with Crippen molar-refractivity contribution < 1.29 is 13.2 Å². The first kappa shape index (κ1) is 27.3. The number of benzene rings is 2. The first-order valence-corrected chi connectivity index (χ1v) is 14.7. The molecule has 1 fully saturated rings. The Kier molecular flexibility index (Phi) is 9.68. The highest BCUT2D eigenvalue weighted by Gasteiger charge is 2.25. The van der Waals surface area contributed by atoms with E-state index in [4.69, 9.17) is 17.0 Å². The van der Waals surface area contributed by atoms with E-state index < -0.39 is 9.84 Å². The molecule has 3 aromatic rings. The summed E-state index contributed by atoms with van der Waals surface area (Å²) in [5.41, 5.74) is 2.54. The molecule has 1 saturated heterocycles.